The minimum atomic E-state index is -0.381. The molecule has 2 heterocycles. The Morgan fingerprint density at radius 1 is 1.29 bits per heavy atom. The highest BCUT2D eigenvalue weighted by Gasteiger charge is 2.19. The summed E-state index contributed by atoms with van der Waals surface area (Å²) in [5.74, 6) is 0.317. The number of fused-ring (bicyclic) bond motifs is 1. The minimum Gasteiger partial charge on any atom is -0.451 e. The zero-order valence-electron chi connectivity index (χ0n) is 13.0. The number of halogens is 1. The van der Waals surface area contributed by atoms with Crippen LogP contribution in [0.15, 0.2) is 43.7 Å². The first kappa shape index (κ1) is 16.3. The molecule has 3 aromatic rings. The highest BCUT2D eigenvalue weighted by Crippen LogP contribution is 2.24. The Labute approximate surface area is 145 Å². The first-order valence-electron chi connectivity index (χ1n) is 7.10. The van der Waals surface area contributed by atoms with Crippen molar-refractivity contribution in [2.45, 2.75) is 6.92 Å². The van der Waals surface area contributed by atoms with Crippen LogP contribution in [0.4, 0.5) is 5.82 Å². The van der Waals surface area contributed by atoms with Crippen LogP contribution in [-0.4, -0.2) is 35.5 Å². The molecule has 0 radical (unpaired) electrons. The molecule has 0 saturated carbocycles. The lowest BCUT2D eigenvalue weighted by Crippen LogP contribution is -2.34. The summed E-state index contributed by atoms with van der Waals surface area (Å²) < 4.78 is 11.3. The fourth-order valence-corrected chi connectivity index (χ4v) is 2.58. The number of anilines is 1. The molecule has 24 heavy (non-hydrogen) atoms. The highest BCUT2D eigenvalue weighted by atomic mass is 79.9. The fraction of sp³-hybridized carbons (Fsp3) is 0.188. The van der Waals surface area contributed by atoms with Crippen molar-refractivity contribution in [3.8, 4) is 0 Å². The van der Waals surface area contributed by atoms with Gasteiger partial charge in [-0.25, -0.2) is 0 Å². The van der Waals surface area contributed by atoms with E-state index in [0.29, 0.717) is 17.2 Å². The molecule has 3 rings (SSSR count). The third-order valence-corrected chi connectivity index (χ3v) is 3.81. The van der Waals surface area contributed by atoms with E-state index in [0.717, 1.165) is 9.86 Å². The number of rotatable bonds is 4. The van der Waals surface area contributed by atoms with E-state index in [9.17, 15) is 9.59 Å². The van der Waals surface area contributed by atoms with E-state index < -0.39 is 0 Å². The van der Waals surface area contributed by atoms with Gasteiger partial charge in [0.1, 0.15) is 17.9 Å². The van der Waals surface area contributed by atoms with Gasteiger partial charge in [-0.05, 0) is 31.2 Å². The number of hydrogen-bond donors (Lipinski definition) is 1. The number of furan rings is 1. The summed E-state index contributed by atoms with van der Waals surface area (Å²) in [4.78, 5) is 25.6. The van der Waals surface area contributed by atoms with Gasteiger partial charge in [-0.2, -0.15) is 0 Å². The number of nitrogens with one attached hydrogen (secondary N) is 1. The Hall–Kier alpha value is -2.61. The second kappa shape index (κ2) is 6.48. The molecule has 0 aliphatic rings. The Morgan fingerprint density at radius 3 is 2.79 bits per heavy atom. The molecule has 8 heteroatoms. The molecule has 0 atom stereocenters. The molecular weight excluding hydrogens is 378 g/mol. The van der Waals surface area contributed by atoms with E-state index in [1.54, 1.807) is 25.1 Å². The van der Waals surface area contributed by atoms with Crippen molar-refractivity contribution < 1.29 is 18.5 Å². The van der Waals surface area contributed by atoms with Crippen molar-refractivity contribution in [1.29, 1.82) is 0 Å². The number of aryl methyl sites for hydroxylation is 1. The number of likely N-dealkylation sites (N-methyl/N-ethyl adjacent to an activating group) is 1. The van der Waals surface area contributed by atoms with Crippen LogP contribution in [0.2, 0.25) is 0 Å². The van der Waals surface area contributed by atoms with Crippen LogP contribution in [0.5, 0.6) is 0 Å². The maximum absolute atomic E-state index is 12.4. The summed E-state index contributed by atoms with van der Waals surface area (Å²) in [5.41, 5.74) is 0.609. The molecule has 2 aromatic heterocycles. The summed E-state index contributed by atoms with van der Waals surface area (Å²) >= 11 is 3.37. The third kappa shape index (κ3) is 3.48. The summed E-state index contributed by atoms with van der Waals surface area (Å²) in [6, 6.07) is 8.71. The molecule has 0 bridgehead atoms. The number of amides is 2. The van der Waals surface area contributed by atoms with Crippen LogP contribution in [0.3, 0.4) is 0 Å². The van der Waals surface area contributed by atoms with Crippen molar-refractivity contribution in [2.24, 2.45) is 0 Å². The van der Waals surface area contributed by atoms with Gasteiger partial charge in [-0.15, -0.1) is 0 Å². The van der Waals surface area contributed by atoms with Gasteiger partial charge >= 0.3 is 0 Å². The lowest BCUT2D eigenvalue weighted by molar-refractivity contribution is -0.116. The number of aromatic nitrogens is 1. The SMILES string of the molecule is Cc1cc(NC(=O)CN(C)C(=O)c2cc3cc(Br)ccc3o2)no1. The van der Waals surface area contributed by atoms with E-state index in [-0.39, 0.29) is 24.1 Å². The number of carbonyl (C=O) groups is 2. The van der Waals surface area contributed by atoms with E-state index in [2.05, 4.69) is 26.4 Å². The summed E-state index contributed by atoms with van der Waals surface area (Å²) in [6.07, 6.45) is 0. The second-order valence-electron chi connectivity index (χ2n) is 5.32. The van der Waals surface area contributed by atoms with E-state index in [1.165, 1.54) is 11.9 Å². The molecule has 0 fully saturated rings. The minimum absolute atomic E-state index is 0.133. The number of nitrogens with zero attached hydrogens (tertiary/aromatic N) is 2. The number of carbonyl (C=O) groups excluding carboxylic acids is 2. The molecule has 1 aromatic carbocycles. The second-order valence-corrected chi connectivity index (χ2v) is 6.24. The van der Waals surface area contributed by atoms with Crippen LogP contribution in [0.25, 0.3) is 11.0 Å². The van der Waals surface area contributed by atoms with Crippen molar-refractivity contribution in [1.82, 2.24) is 10.1 Å². The quantitative estimate of drug-likeness (QED) is 0.737. The maximum atomic E-state index is 12.4. The summed E-state index contributed by atoms with van der Waals surface area (Å²) in [7, 11) is 1.53. The summed E-state index contributed by atoms with van der Waals surface area (Å²) in [6.45, 7) is 1.59. The first-order valence-corrected chi connectivity index (χ1v) is 7.89. The van der Waals surface area contributed by atoms with E-state index in [1.807, 2.05) is 12.1 Å². The molecule has 7 nitrogen and oxygen atoms in total. The lowest BCUT2D eigenvalue weighted by Gasteiger charge is -2.14. The number of benzene rings is 1. The molecule has 0 unspecified atom stereocenters. The highest BCUT2D eigenvalue weighted by molar-refractivity contribution is 9.10. The van der Waals surface area contributed by atoms with E-state index in [4.69, 9.17) is 8.94 Å². The van der Waals surface area contributed by atoms with Gasteiger partial charge in [-0.3, -0.25) is 9.59 Å². The van der Waals surface area contributed by atoms with Gasteiger partial charge in [0.2, 0.25) is 5.91 Å². The molecular formula is C16H14BrN3O4. The molecule has 2 amide bonds. The largest absolute Gasteiger partial charge is 0.451 e. The Morgan fingerprint density at radius 2 is 2.08 bits per heavy atom. The zero-order valence-corrected chi connectivity index (χ0v) is 14.6. The van der Waals surface area contributed by atoms with Crippen LogP contribution in [0.1, 0.15) is 16.3 Å². The average molecular weight is 392 g/mol. The normalized spacial score (nSPS) is 10.8. The fourth-order valence-electron chi connectivity index (χ4n) is 2.20. The predicted molar refractivity (Wildman–Crippen MR) is 90.7 cm³/mol. The smallest absolute Gasteiger partial charge is 0.289 e. The Kier molecular flexibility index (Phi) is 4.39. The van der Waals surface area contributed by atoms with Crippen molar-refractivity contribution >= 4 is 44.5 Å². The molecule has 0 spiro atoms. The first-order chi connectivity index (χ1) is 11.4. The van der Waals surface area contributed by atoms with Gasteiger partial charge in [0.05, 0.1) is 0 Å². The monoisotopic (exact) mass is 391 g/mol. The van der Waals surface area contributed by atoms with Crippen LogP contribution < -0.4 is 5.32 Å². The van der Waals surface area contributed by atoms with Crippen LogP contribution >= 0.6 is 15.9 Å². The molecule has 0 aliphatic carbocycles. The predicted octanol–water partition coefficient (Wildman–Crippen LogP) is 3.20. The van der Waals surface area contributed by atoms with Crippen LogP contribution in [0, 0.1) is 6.92 Å². The van der Waals surface area contributed by atoms with Gasteiger partial charge in [0.25, 0.3) is 5.91 Å². The topological polar surface area (TPSA) is 88.6 Å². The average Bonchev–Trinajstić information content (AvgIpc) is 3.11. The van der Waals surface area contributed by atoms with Gasteiger partial charge in [0, 0.05) is 23.0 Å². The van der Waals surface area contributed by atoms with Crippen molar-refractivity contribution in [3.05, 3.63) is 46.3 Å². The van der Waals surface area contributed by atoms with Gasteiger partial charge in [0.15, 0.2) is 11.6 Å². The zero-order chi connectivity index (χ0) is 17.3. The van der Waals surface area contributed by atoms with Crippen molar-refractivity contribution in [2.75, 3.05) is 18.9 Å². The standard InChI is InChI=1S/C16H14BrN3O4/c1-9-5-14(19-24-9)18-15(21)8-20(2)16(22)13-7-10-6-11(17)3-4-12(10)23-13/h3-7H,8H2,1-2H3,(H,18,19,21). The lowest BCUT2D eigenvalue weighted by atomic mass is 10.2. The molecule has 0 saturated heterocycles. The molecule has 1 N–H and O–H groups in total. The van der Waals surface area contributed by atoms with Gasteiger partial charge in [-0.1, -0.05) is 21.1 Å². The number of hydrogen-bond acceptors (Lipinski definition) is 5. The molecule has 0 aliphatic heterocycles. The maximum Gasteiger partial charge on any atom is 0.289 e. The van der Waals surface area contributed by atoms with Gasteiger partial charge < -0.3 is 19.2 Å². The third-order valence-electron chi connectivity index (χ3n) is 3.31. The summed E-state index contributed by atoms with van der Waals surface area (Å²) in [5, 5.41) is 7.04. The van der Waals surface area contributed by atoms with E-state index >= 15 is 0 Å². The van der Waals surface area contributed by atoms with Crippen LogP contribution in [-0.2, 0) is 4.79 Å². The molecule has 124 valence electrons. The Balaban J connectivity index is 1.67. The van der Waals surface area contributed by atoms with Crippen molar-refractivity contribution in [3.63, 3.8) is 0 Å². The Bertz CT molecular complexity index is 915.